The van der Waals surface area contributed by atoms with Crippen LogP contribution in [0.4, 0.5) is 0 Å². The fraction of sp³-hybridized carbons (Fsp3) is 0.455. The van der Waals surface area contributed by atoms with E-state index in [1.54, 1.807) is 13.5 Å². The first-order valence-corrected chi connectivity index (χ1v) is 4.69. The molecule has 0 saturated carbocycles. The second-order valence-corrected chi connectivity index (χ2v) is 3.38. The standard InChI is InChI=1S/C11H16NO3/c1-7-9(6-14-3)5-10(8(2)12-7)11(13)15-4/h5,12H,6H2,1-4H3. The minimum absolute atomic E-state index is 0.332. The smallest absolute Gasteiger partial charge is 0.336 e. The van der Waals surface area contributed by atoms with Crippen LogP contribution in [0.25, 0.3) is 0 Å². The summed E-state index contributed by atoms with van der Waals surface area (Å²) in [5.41, 5.74) is 3.32. The van der Waals surface area contributed by atoms with E-state index in [9.17, 15) is 4.79 Å². The Hall–Kier alpha value is -1.29. The lowest BCUT2D eigenvalue weighted by Crippen LogP contribution is -2.24. The van der Waals surface area contributed by atoms with E-state index in [0.717, 1.165) is 17.0 Å². The van der Waals surface area contributed by atoms with Gasteiger partial charge in [-0.3, -0.25) is 0 Å². The van der Waals surface area contributed by atoms with Gasteiger partial charge in [-0.15, -0.1) is 0 Å². The Kier molecular flexibility index (Phi) is 3.91. The molecule has 1 aliphatic rings. The lowest BCUT2D eigenvalue weighted by atomic mass is 9.99. The molecule has 0 aromatic heterocycles. The van der Waals surface area contributed by atoms with Crippen LogP contribution in [0.3, 0.4) is 0 Å². The summed E-state index contributed by atoms with van der Waals surface area (Å²) in [5, 5.41) is 3.13. The van der Waals surface area contributed by atoms with Gasteiger partial charge < -0.3 is 14.8 Å². The third-order valence-electron chi connectivity index (χ3n) is 2.28. The molecular formula is C11H16NO3. The van der Waals surface area contributed by atoms with E-state index in [1.165, 1.54) is 7.11 Å². The van der Waals surface area contributed by atoms with Crippen LogP contribution in [0.5, 0.6) is 0 Å². The molecule has 0 atom stereocenters. The summed E-state index contributed by atoms with van der Waals surface area (Å²) >= 11 is 0. The highest BCUT2D eigenvalue weighted by Gasteiger charge is 2.21. The Labute approximate surface area is 89.9 Å². The molecule has 0 saturated heterocycles. The largest absolute Gasteiger partial charge is 0.466 e. The zero-order valence-corrected chi connectivity index (χ0v) is 9.51. The number of rotatable bonds is 3. The number of allylic oxidation sites excluding steroid dienone is 2. The van der Waals surface area contributed by atoms with Gasteiger partial charge in [0.1, 0.15) is 0 Å². The molecule has 0 bridgehead atoms. The summed E-state index contributed by atoms with van der Waals surface area (Å²) in [6.07, 6.45) is 1.80. The zero-order valence-electron chi connectivity index (χ0n) is 9.51. The molecule has 1 rings (SSSR count). The molecule has 0 spiro atoms. The van der Waals surface area contributed by atoms with Crippen molar-refractivity contribution in [3.8, 4) is 0 Å². The maximum absolute atomic E-state index is 11.4. The predicted octanol–water partition coefficient (Wildman–Crippen LogP) is 1.16. The van der Waals surface area contributed by atoms with Crippen LogP contribution in [0.1, 0.15) is 13.8 Å². The van der Waals surface area contributed by atoms with Crippen molar-refractivity contribution in [1.29, 1.82) is 0 Å². The van der Waals surface area contributed by atoms with Gasteiger partial charge in [-0.1, -0.05) is 0 Å². The maximum Gasteiger partial charge on any atom is 0.336 e. The molecule has 0 amide bonds. The normalized spacial score (nSPS) is 16.5. The second-order valence-electron chi connectivity index (χ2n) is 3.38. The molecule has 0 unspecified atom stereocenters. The van der Waals surface area contributed by atoms with Crippen molar-refractivity contribution in [2.45, 2.75) is 13.8 Å². The highest BCUT2D eigenvalue weighted by molar-refractivity contribution is 5.93. The number of hydrogen-bond acceptors (Lipinski definition) is 4. The van der Waals surface area contributed by atoms with Crippen molar-refractivity contribution in [2.75, 3.05) is 20.8 Å². The second kappa shape index (κ2) is 4.98. The summed E-state index contributed by atoms with van der Waals surface area (Å²) in [5.74, 6) is -0.332. The number of ether oxygens (including phenoxy) is 2. The number of carbonyl (C=O) groups excluding carboxylic acids is 1. The Morgan fingerprint density at radius 1 is 1.33 bits per heavy atom. The lowest BCUT2D eigenvalue weighted by molar-refractivity contribution is -0.135. The highest BCUT2D eigenvalue weighted by Crippen LogP contribution is 2.22. The van der Waals surface area contributed by atoms with E-state index in [-0.39, 0.29) is 5.97 Å². The highest BCUT2D eigenvalue weighted by atomic mass is 16.5. The van der Waals surface area contributed by atoms with Gasteiger partial charge in [0.2, 0.25) is 0 Å². The van der Waals surface area contributed by atoms with Crippen LogP contribution in [0.15, 0.2) is 22.5 Å². The minimum atomic E-state index is -0.332. The van der Waals surface area contributed by atoms with E-state index in [4.69, 9.17) is 9.47 Å². The van der Waals surface area contributed by atoms with Crippen LogP contribution in [0.2, 0.25) is 0 Å². The average molecular weight is 210 g/mol. The van der Waals surface area contributed by atoms with Crippen molar-refractivity contribution in [1.82, 2.24) is 5.32 Å². The first-order chi connectivity index (χ1) is 7.10. The van der Waals surface area contributed by atoms with Crippen molar-refractivity contribution >= 4 is 5.97 Å². The van der Waals surface area contributed by atoms with E-state index in [0.29, 0.717) is 12.2 Å². The van der Waals surface area contributed by atoms with E-state index < -0.39 is 0 Å². The van der Waals surface area contributed by atoms with E-state index in [1.807, 2.05) is 13.8 Å². The maximum atomic E-state index is 11.4. The van der Waals surface area contributed by atoms with Gasteiger partial charge in [0, 0.05) is 24.9 Å². The molecule has 0 aromatic rings. The fourth-order valence-corrected chi connectivity index (χ4v) is 1.45. The number of esters is 1. The summed E-state index contributed by atoms with van der Waals surface area (Å²) < 4.78 is 9.74. The minimum Gasteiger partial charge on any atom is -0.466 e. The Bertz CT molecular complexity index is 329. The summed E-state index contributed by atoms with van der Waals surface area (Å²) in [7, 11) is 2.99. The molecule has 1 radical (unpaired) electrons. The zero-order chi connectivity index (χ0) is 11.4. The van der Waals surface area contributed by atoms with Gasteiger partial charge in [-0.25, -0.2) is 4.79 Å². The Morgan fingerprint density at radius 2 is 2.00 bits per heavy atom. The molecule has 83 valence electrons. The summed E-state index contributed by atoms with van der Waals surface area (Å²) in [6, 6.07) is 0. The quantitative estimate of drug-likeness (QED) is 0.710. The Morgan fingerprint density at radius 3 is 2.53 bits per heavy atom. The van der Waals surface area contributed by atoms with Crippen molar-refractivity contribution in [3.63, 3.8) is 0 Å². The van der Waals surface area contributed by atoms with E-state index >= 15 is 0 Å². The van der Waals surface area contributed by atoms with Crippen molar-refractivity contribution in [2.24, 2.45) is 0 Å². The molecule has 15 heavy (non-hydrogen) atoms. The van der Waals surface area contributed by atoms with Crippen molar-refractivity contribution in [3.05, 3.63) is 29.0 Å². The number of carbonyl (C=O) groups is 1. The molecule has 0 aromatic carbocycles. The van der Waals surface area contributed by atoms with Gasteiger partial charge in [0.05, 0.1) is 19.3 Å². The molecule has 4 heteroatoms. The van der Waals surface area contributed by atoms with Crippen LogP contribution in [-0.2, 0) is 14.3 Å². The summed E-state index contributed by atoms with van der Waals surface area (Å²) in [6.45, 7) is 4.27. The molecule has 4 nitrogen and oxygen atoms in total. The third-order valence-corrected chi connectivity index (χ3v) is 2.28. The van der Waals surface area contributed by atoms with Crippen LogP contribution < -0.4 is 5.32 Å². The lowest BCUT2D eigenvalue weighted by Gasteiger charge is -2.22. The molecule has 0 fully saturated rings. The fourth-order valence-electron chi connectivity index (χ4n) is 1.45. The number of dihydropyridines is 1. The predicted molar refractivity (Wildman–Crippen MR) is 56.7 cm³/mol. The van der Waals surface area contributed by atoms with Crippen LogP contribution in [0, 0.1) is 6.42 Å². The first-order valence-electron chi connectivity index (χ1n) is 4.69. The molecular weight excluding hydrogens is 194 g/mol. The van der Waals surface area contributed by atoms with Gasteiger partial charge in [-0.2, -0.15) is 0 Å². The van der Waals surface area contributed by atoms with Gasteiger partial charge in [-0.05, 0) is 19.4 Å². The summed E-state index contributed by atoms with van der Waals surface area (Å²) in [4.78, 5) is 11.4. The topological polar surface area (TPSA) is 47.6 Å². The first kappa shape index (κ1) is 11.8. The van der Waals surface area contributed by atoms with E-state index in [2.05, 4.69) is 5.32 Å². The van der Waals surface area contributed by atoms with Crippen LogP contribution in [-0.4, -0.2) is 26.8 Å². The number of hydrogen-bond donors (Lipinski definition) is 1. The van der Waals surface area contributed by atoms with Crippen LogP contribution >= 0.6 is 0 Å². The van der Waals surface area contributed by atoms with Gasteiger partial charge >= 0.3 is 5.97 Å². The number of methoxy groups -OCH3 is 2. The molecule has 0 aliphatic carbocycles. The number of nitrogens with one attached hydrogen (secondary N) is 1. The SMILES string of the molecule is COCC1=C(C)NC(C)=C(C(=O)OC)[CH]1. The Balaban J connectivity index is 2.85. The monoisotopic (exact) mass is 210 g/mol. The van der Waals surface area contributed by atoms with Gasteiger partial charge in [0.25, 0.3) is 0 Å². The van der Waals surface area contributed by atoms with Crippen molar-refractivity contribution < 1.29 is 14.3 Å². The van der Waals surface area contributed by atoms with Gasteiger partial charge in [0.15, 0.2) is 0 Å². The molecule has 1 N–H and O–H groups in total. The average Bonchev–Trinajstić information content (AvgIpc) is 2.21. The third kappa shape index (κ3) is 2.59. The molecule has 1 heterocycles. The molecule has 1 aliphatic heterocycles.